The Balaban J connectivity index is 2.00. The average Bonchev–Trinajstić information content (AvgIpc) is 2.61. The number of methoxy groups -OCH3 is 1. The van der Waals surface area contributed by atoms with Crippen molar-refractivity contribution in [2.24, 2.45) is 0 Å². The van der Waals surface area contributed by atoms with Gasteiger partial charge in [-0.15, -0.1) is 0 Å². The van der Waals surface area contributed by atoms with Crippen LogP contribution in [0, 0.1) is 0 Å². The molecule has 2 rings (SSSR count). The monoisotopic (exact) mass is 355 g/mol. The average molecular weight is 356 g/mol. The van der Waals surface area contributed by atoms with Crippen molar-refractivity contribution in [2.75, 3.05) is 19.5 Å². The SMILES string of the molecule is COc1ccccc1NC(=O)[C@H](C)[NH+](C)Cc1ccc(C(C)(C)C)cc1. The third kappa shape index (κ3) is 5.09. The maximum Gasteiger partial charge on any atom is 0.282 e. The van der Waals surface area contributed by atoms with Gasteiger partial charge >= 0.3 is 0 Å². The lowest BCUT2D eigenvalue weighted by Crippen LogP contribution is -3.12. The minimum absolute atomic E-state index is 0.0155. The third-order valence-corrected chi connectivity index (χ3v) is 4.80. The molecule has 1 amide bonds. The van der Waals surface area contributed by atoms with Gasteiger partial charge in [-0.1, -0.05) is 57.2 Å². The van der Waals surface area contributed by atoms with Crippen LogP contribution in [0.1, 0.15) is 38.8 Å². The number of hydrogen-bond donors (Lipinski definition) is 2. The summed E-state index contributed by atoms with van der Waals surface area (Å²) in [5, 5.41) is 2.97. The fourth-order valence-electron chi connectivity index (χ4n) is 2.81. The second-order valence-electron chi connectivity index (χ2n) is 7.88. The van der Waals surface area contributed by atoms with E-state index in [4.69, 9.17) is 4.74 Å². The molecule has 2 N–H and O–H groups in total. The van der Waals surface area contributed by atoms with Gasteiger partial charge in [0.2, 0.25) is 0 Å². The van der Waals surface area contributed by atoms with E-state index in [2.05, 4.69) is 50.4 Å². The molecule has 0 saturated carbocycles. The quantitative estimate of drug-likeness (QED) is 0.836. The summed E-state index contributed by atoms with van der Waals surface area (Å²) in [6.45, 7) is 9.38. The zero-order valence-corrected chi connectivity index (χ0v) is 16.7. The molecule has 0 bridgehead atoms. The molecule has 2 aromatic rings. The van der Waals surface area contributed by atoms with Gasteiger partial charge in [0.25, 0.3) is 5.91 Å². The van der Waals surface area contributed by atoms with Crippen molar-refractivity contribution >= 4 is 11.6 Å². The standard InChI is InChI=1S/C22H30N2O2/c1-16(21(25)23-19-9-7-8-10-20(19)26-6)24(5)15-17-11-13-18(14-12-17)22(2,3)4/h7-14,16H,15H2,1-6H3,(H,23,25)/p+1/t16-/m0/s1. The Bertz CT molecular complexity index is 733. The lowest BCUT2D eigenvalue weighted by Gasteiger charge is -2.23. The van der Waals surface area contributed by atoms with Crippen molar-refractivity contribution in [1.82, 2.24) is 0 Å². The highest BCUT2D eigenvalue weighted by Gasteiger charge is 2.23. The molecule has 2 aromatic carbocycles. The predicted molar refractivity (Wildman–Crippen MR) is 107 cm³/mol. The van der Waals surface area contributed by atoms with E-state index >= 15 is 0 Å². The number of carbonyl (C=O) groups excluding carboxylic acids is 1. The molecule has 4 nitrogen and oxygen atoms in total. The van der Waals surface area contributed by atoms with Gasteiger partial charge in [-0.3, -0.25) is 4.79 Å². The second kappa shape index (κ2) is 8.37. The summed E-state index contributed by atoms with van der Waals surface area (Å²) in [6, 6.07) is 16.0. The van der Waals surface area contributed by atoms with Crippen molar-refractivity contribution in [3.63, 3.8) is 0 Å². The molecule has 0 fully saturated rings. The van der Waals surface area contributed by atoms with Gasteiger partial charge in [0.05, 0.1) is 19.8 Å². The summed E-state index contributed by atoms with van der Waals surface area (Å²) in [5.41, 5.74) is 3.40. The Hall–Kier alpha value is -2.33. The molecule has 140 valence electrons. The minimum atomic E-state index is -0.179. The molecule has 0 spiro atoms. The molecular formula is C22H31N2O2+. The first-order chi connectivity index (χ1) is 12.2. The predicted octanol–water partition coefficient (Wildman–Crippen LogP) is 3.03. The number of carbonyl (C=O) groups is 1. The zero-order valence-electron chi connectivity index (χ0n) is 16.7. The van der Waals surface area contributed by atoms with E-state index in [0.29, 0.717) is 11.4 Å². The van der Waals surface area contributed by atoms with Crippen molar-refractivity contribution in [1.29, 1.82) is 0 Å². The summed E-state index contributed by atoms with van der Waals surface area (Å²) >= 11 is 0. The number of ether oxygens (including phenoxy) is 1. The van der Waals surface area contributed by atoms with Crippen LogP contribution in [0.25, 0.3) is 0 Å². The maximum absolute atomic E-state index is 12.6. The van der Waals surface area contributed by atoms with E-state index in [-0.39, 0.29) is 17.4 Å². The fraction of sp³-hybridized carbons (Fsp3) is 0.409. The Kier molecular flexibility index (Phi) is 6.43. The first-order valence-electron chi connectivity index (χ1n) is 9.08. The zero-order chi connectivity index (χ0) is 19.3. The first kappa shape index (κ1) is 20.0. The molecule has 0 aromatic heterocycles. The normalized spacial score (nSPS) is 13.8. The number of quaternary nitrogens is 1. The van der Waals surface area contributed by atoms with E-state index in [1.165, 1.54) is 11.1 Å². The van der Waals surface area contributed by atoms with E-state index in [0.717, 1.165) is 11.4 Å². The molecule has 0 aliphatic carbocycles. The highest BCUT2D eigenvalue weighted by molar-refractivity contribution is 5.94. The number of anilines is 1. The van der Waals surface area contributed by atoms with Crippen LogP contribution in [-0.4, -0.2) is 26.1 Å². The van der Waals surface area contributed by atoms with Crippen molar-refractivity contribution in [2.45, 2.75) is 45.7 Å². The molecular weight excluding hydrogens is 324 g/mol. The van der Waals surface area contributed by atoms with Gasteiger partial charge in [-0.25, -0.2) is 0 Å². The third-order valence-electron chi connectivity index (χ3n) is 4.80. The van der Waals surface area contributed by atoms with Gasteiger partial charge in [0.15, 0.2) is 6.04 Å². The highest BCUT2D eigenvalue weighted by atomic mass is 16.5. The van der Waals surface area contributed by atoms with E-state index in [9.17, 15) is 4.79 Å². The van der Waals surface area contributed by atoms with Gasteiger partial charge in [0.1, 0.15) is 12.3 Å². The number of para-hydroxylation sites is 2. The van der Waals surface area contributed by atoms with Crippen LogP contribution < -0.4 is 15.0 Å². The number of rotatable bonds is 6. The summed E-state index contributed by atoms with van der Waals surface area (Å²) in [4.78, 5) is 13.8. The fourth-order valence-corrected chi connectivity index (χ4v) is 2.81. The van der Waals surface area contributed by atoms with Gasteiger partial charge in [-0.2, -0.15) is 0 Å². The van der Waals surface area contributed by atoms with Crippen molar-refractivity contribution < 1.29 is 14.4 Å². The van der Waals surface area contributed by atoms with E-state index in [1.807, 2.05) is 38.2 Å². The smallest absolute Gasteiger partial charge is 0.282 e. The lowest BCUT2D eigenvalue weighted by molar-refractivity contribution is -0.907. The van der Waals surface area contributed by atoms with Crippen LogP contribution in [0.15, 0.2) is 48.5 Å². The summed E-state index contributed by atoms with van der Waals surface area (Å²) < 4.78 is 5.30. The number of benzene rings is 2. The van der Waals surface area contributed by atoms with Gasteiger partial charge in [0, 0.05) is 5.56 Å². The van der Waals surface area contributed by atoms with Gasteiger partial charge in [-0.05, 0) is 30.0 Å². The highest BCUT2D eigenvalue weighted by Crippen LogP contribution is 2.23. The number of hydrogen-bond acceptors (Lipinski definition) is 2. The number of nitrogens with one attached hydrogen (secondary N) is 2. The van der Waals surface area contributed by atoms with Crippen LogP contribution in [0.2, 0.25) is 0 Å². The molecule has 2 atom stereocenters. The van der Waals surface area contributed by atoms with Crippen molar-refractivity contribution in [3.05, 3.63) is 59.7 Å². The lowest BCUT2D eigenvalue weighted by atomic mass is 9.87. The van der Waals surface area contributed by atoms with Gasteiger partial charge < -0.3 is 15.0 Å². The molecule has 0 aliphatic heterocycles. The molecule has 0 aliphatic rings. The number of amides is 1. The molecule has 4 heteroatoms. The Labute approximate surface area is 157 Å². The van der Waals surface area contributed by atoms with E-state index < -0.39 is 0 Å². The first-order valence-corrected chi connectivity index (χ1v) is 9.08. The van der Waals surface area contributed by atoms with E-state index in [1.54, 1.807) is 7.11 Å². The molecule has 0 radical (unpaired) electrons. The van der Waals surface area contributed by atoms with Crippen molar-refractivity contribution in [3.8, 4) is 5.75 Å². The Morgan fingerprint density at radius 1 is 1.12 bits per heavy atom. The Morgan fingerprint density at radius 3 is 2.31 bits per heavy atom. The molecule has 26 heavy (non-hydrogen) atoms. The summed E-state index contributed by atoms with van der Waals surface area (Å²) in [7, 11) is 3.65. The Morgan fingerprint density at radius 2 is 1.73 bits per heavy atom. The van der Waals surface area contributed by atoms with Crippen LogP contribution in [0.4, 0.5) is 5.69 Å². The van der Waals surface area contributed by atoms with Crippen LogP contribution in [0.3, 0.4) is 0 Å². The maximum atomic E-state index is 12.6. The molecule has 0 heterocycles. The summed E-state index contributed by atoms with van der Waals surface area (Å²) in [5.74, 6) is 0.654. The van der Waals surface area contributed by atoms with Crippen LogP contribution in [-0.2, 0) is 16.8 Å². The topological polar surface area (TPSA) is 42.8 Å². The second-order valence-corrected chi connectivity index (χ2v) is 7.88. The molecule has 0 saturated heterocycles. The van der Waals surface area contributed by atoms with Crippen LogP contribution >= 0.6 is 0 Å². The summed E-state index contributed by atoms with van der Waals surface area (Å²) in [6.07, 6.45) is 0. The van der Waals surface area contributed by atoms with Crippen LogP contribution in [0.5, 0.6) is 5.75 Å². The number of likely N-dealkylation sites (N-methyl/N-ethyl adjacent to an activating group) is 1. The largest absolute Gasteiger partial charge is 0.495 e. The minimum Gasteiger partial charge on any atom is -0.495 e. The molecule has 1 unspecified atom stereocenters.